The quantitative estimate of drug-likeness (QED) is 0.622. The summed E-state index contributed by atoms with van der Waals surface area (Å²) in [6.45, 7) is 5.46. The molecule has 0 saturated carbocycles. The minimum Gasteiger partial charge on any atom is -0.491 e. The Morgan fingerprint density at radius 1 is 1.08 bits per heavy atom. The molecule has 0 atom stereocenters. The Kier molecular flexibility index (Phi) is 7.46. The third-order valence-corrected chi connectivity index (χ3v) is 5.99. The fourth-order valence-corrected chi connectivity index (χ4v) is 3.91. The number of ether oxygens (including phenoxy) is 1. The lowest BCUT2D eigenvalue weighted by molar-refractivity contribution is 0.242. The van der Waals surface area contributed by atoms with Crippen LogP contribution in [-0.2, 0) is 20.2 Å². The summed E-state index contributed by atoms with van der Waals surface area (Å²) < 4.78 is 58.5. The lowest BCUT2D eigenvalue weighted by Crippen LogP contribution is -2.40. The van der Waals surface area contributed by atoms with Gasteiger partial charge in [-0.25, -0.2) is 17.9 Å². The monoisotopic (exact) mass is 379 g/mol. The molecule has 1 rings (SSSR count). The first kappa shape index (κ1) is 20.7. The van der Waals surface area contributed by atoms with Gasteiger partial charge in [-0.05, 0) is 38.1 Å². The van der Waals surface area contributed by atoms with Gasteiger partial charge in [-0.15, -0.1) is 0 Å². The second kappa shape index (κ2) is 8.65. The van der Waals surface area contributed by atoms with Gasteiger partial charge in [-0.3, -0.25) is 4.31 Å². The topological polar surface area (TPSA) is 105 Å². The first-order valence-electron chi connectivity index (χ1n) is 7.55. The molecule has 0 radical (unpaired) electrons. The van der Waals surface area contributed by atoms with Gasteiger partial charge in [-0.2, -0.15) is 8.42 Å². The molecule has 0 aliphatic rings. The van der Waals surface area contributed by atoms with Crippen LogP contribution in [0.2, 0.25) is 0 Å². The molecule has 1 aromatic rings. The molecule has 1 aromatic carbocycles. The molecule has 24 heavy (non-hydrogen) atoms. The second-order valence-corrected chi connectivity index (χ2v) is 9.04. The van der Waals surface area contributed by atoms with E-state index in [0.717, 1.165) is 4.31 Å². The largest absolute Gasteiger partial charge is 0.491 e. The predicted octanol–water partition coefficient (Wildman–Crippen LogP) is 0.684. The molecule has 0 spiro atoms. The number of benzene rings is 1. The molecule has 0 unspecified atom stereocenters. The van der Waals surface area contributed by atoms with Crippen LogP contribution in [0.5, 0.6) is 5.75 Å². The van der Waals surface area contributed by atoms with E-state index in [9.17, 15) is 16.8 Å². The van der Waals surface area contributed by atoms with Crippen molar-refractivity contribution in [1.29, 1.82) is 0 Å². The second-order valence-electron chi connectivity index (χ2n) is 5.34. The molecule has 138 valence electrons. The molecule has 8 nitrogen and oxygen atoms in total. The zero-order valence-corrected chi connectivity index (χ0v) is 15.9. The van der Waals surface area contributed by atoms with Crippen LogP contribution in [0.3, 0.4) is 0 Å². The van der Waals surface area contributed by atoms with E-state index in [-0.39, 0.29) is 24.9 Å². The van der Waals surface area contributed by atoms with Crippen molar-refractivity contribution in [2.24, 2.45) is 0 Å². The SMILES string of the molecule is CCNS(=O)(=O)NCCS(=O)(=O)N(C)c1ccc(OC(C)C)cc1. The van der Waals surface area contributed by atoms with Crippen molar-refractivity contribution in [3.63, 3.8) is 0 Å². The third kappa shape index (κ3) is 6.63. The minimum absolute atomic E-state index is 0.0297. The fourth-order valence-electron chi connectivity index (χ4n) is 1.85. The smallest absolute Gasteiger partial charge is 0.276 e. The van der Waals surface area contributed by atoms with E-state index in [2.05, 4.69) is 9.44 Å². The van der Waals surface area contributed by atoms with Crippen LogP contribution in [0.1, 0.15) is 20.8 Å². The van der Waals surface area contributed by atoms with Gasteiger partial charge in [0.05, 0.1) is 17.5 Å². The van der Waals surface area contributed by atoms with Gasteiger partial charge in [-0.1, -0.05) is 6.92 Å². The molecule has 0 fully saturated rings. The Labute approximate surface area is 144 Å². The van der Waals surface area contributed by atoms with Crippen molar-refractivity contribution in [1.82, 2.24) is 9.44 Å². The Bertz CT molecular complexity index is 715. The molecule has 0 aromatic heterocycles. The summed E-state index contributed by atoms with van der Waals surface area (Å²) in [6, 6.07) is 6.65. The highest BCUT2D eigenvalue weighted by molar-refractivity contribution is 7.92. The highest BCUT2D eigenvalue weighted by atomic mass is 32.2. The molecule has 2 N–H and O–H groups in total. The summed E-state index contributed by atoms with van der Waals surface area (Å²) in [5.41, 5.74) is 0.473. The van der Waals surface area contributed by atoms with Crippen molar-refractivity contribution >= 4 is 25.9 Å². The number of sulfonamides is 1. The van der Waals surface area contributed by atoms with E-state index in [1.165, 1.54) is 7.05 Å². The standard InChI is InChI=1S/C14H25N3O5S2/c1-5-15-24(20,21)16-10-11-23(18,19)17(4)13-6-8-14(9-7-13)22-12(2)3/h6-9,12,15-16H,5,10-11H2,1-4H3. The van der Waals surface area contributed by atoms with Crippen LogP contribution < -0.4 is 18.5 Å². The average Bonchev–Trinajstić information content (AvgIpc) is 2.46. The van der Waals surface area contributed by atoms with Gasteiger partial charge in [0.2, 0.25) is 10.0 Å². The molecular formula is C14H25N3O5S2. The van der Waals surface area contributed by atoms with Crippen LogP contribution in [0, 0.1) is 0 Å². The summed E-state index contributed by atoms with van der Waals surface area (Å²) in [4.78, 5) is 0. The van der Waals surface area contributed by atoms with Crippen molar-refractivity contribution < 1.29 is 21.6 Å². The van der Waals surface area contributed by atoms with E-state index >= 15 is 0 Å². The van der Waals surface area contributed by atoms with Crippen LogP contribution in [0.4, 0.5) is 5.69 Å². The van der Waals surface area contributed by atoms with Crippen LogP contribution in [0.15, 0.2) is 24.3 Å². The highest BCUT2D eigenvalue weighted by Gasteiger charge is 2.19. The predicted molar refractivity (Wildman–Crippen MR) is 95.0 cm³/mol. The normalized spacial score (nSPS) is 12.4. The van der Waals surface area contributed by atoms with E-state index in [0.29, 0.717) is 11.4 Å². The molecule has 0 saturated heterocycles. The zero-order chi connectivity index (χ0) is 18.4. The number of nitrogens with zero attached hydrogens (tertiary/aromatic N) is 1. The molecule has 10 heteroatoms. The molecule has 0 bridgehead atoms. The van der Waals surface area contributed by atoms with Gasteiger partial charge >= 0.3 is 0 Å². The Hall–Kier alpha value is -1.36. The first-order chi connectivity index (χ1) is 11.1. The molecule has 0 amide bonds. The Morgan fingerprint density at radius 2 is 1.67 bits per heavy atom. The Morgan fingerprint density at radius 3 is 2.17 bits per heavy atom. The summed E-state index contributed by atoms with van der Waals surface area (Å²) in [7, 11) is -5.89. The summed E-state index contributed by atoms with van der Waals surface area (Å²) >= 11 is 0. The molecule has 0 aliphatic heterocycles. The summed E-state index contributed by atoms with van der Waals surface area (Å²) in [5.74, 6) is 0.302. The molecule has 0 heterocycles. The van der Waals surface area contributed by atoms with Crippen LogP contribution >= 0.6 is 0 Å². The number of nitrogens with one attached hydrogen (secondary N) is 2. The van der Waals surface area contributed by atoms with Crippen LogP contribution in [-0.4, -0.2) is 48.8 Å². The number of hydrogen-bond acceptors (Lipinski definition) is 5. The minimum atomic E-state index is -3.66. The fraction of sp³-hybridized carbons (Fsp3) is 0.571. The van der Waals surface area contributed by atoms with Gasteiger partial charge < -0.3 is 4.74 Å². The number of anilines is 1. The maximum Gasteiger partial charge on any atom is 0.276 e. The maximum absolute atomic E-state index is 12.3. The lowest BCUT2D eigenvalue weighted by atomic mass is 10.3. The van der Waals surface area contributed by atoms with Gasteiger partial charge in [0.25, 0.3) is 10.2 Å². The van der Waals surface area contributed by atoms with Gasteiger partial charge in [0, 0.05) is 20.1 Å². The van der Waals surface area contributed by atoms with E-state index in [4.69, 9.17) is 4.74 Å². The number of rotatable bonds is 10. The summed E-state index contributed by atoms with van der Waals surface area (Å²) in [6.07, 6.45) is 0.0297. The third-order valence-electron chi connectivity index (χ3n) is 2.98. The van der Waals surface area contributed by atoms with E-state index in [1.54, 1.807) is 31.2 Å². The van der Waals surface area contributed by atoms with Crippen molar-refractivity contribution in [3.05, 3.63) is 24.3 Å². The molecule has 0 aliphatic carbocycles. The number of hydrogen-bond donors (Lipinski definition) is 2. The van der Waals surface area contributed by atoms with E-state index in [1.807, 2.05) is 13.8 Å². The molecular weight excluding hydrogens is 354 g/mol. The maximum atomic E-state index is 12.3. The first-order valence-corrected chi connectivity index (χ1v) is 10.6. The van der Waals surface area contributed by atoms with Crippen molar-refractivity contribution in [2.45, 2.75) is 26.9 Å². The lowest BCUT2D eigenvalue weighted by Gasteiger charge is -2.20. The van der Waals surface area contributed by atoms with Gasteiger partial charge in [0.15, 0.2) is 0 Å². The van der Waals surface area contributed by atoms with Crippen molar-refractivity contribution in [2.75, 3.05) is 30.2 Å². The Balaban J connectivity index is 2.69. The highest BCUT2D eigenvalue weighted by Crippen LogP contribution is 2.21. The van der Waals surface area contributed by atoms with E-state index < -0.39 is 20.2 Å². The average molecular weight is 380 g/mol. The van der Waals surface area contributed by atoms with Gasteiger partial charge in [0.1, 0.15) is 5.75 Å². The van der Waals surface area contributed by atoms with Crippen molar-refractivity contribution in [3.8, 4) is 5.75 Å². The summed E-state index contributed by atoms with van der Waals surface area (Å²) in [5, 5.41) is 0. The zero-order valence-electron chi connectivity index (χ0n) is 14.3. The van der Waals surface area contributed by atoms with Crippen LogP contribution in [0.25, 0.3) is 0 Å².